The van der Waals surface area contributed by atoms with Crippen LogP contribution in [0.15, 0.2) is 24.3 Å². The van der Waals surface area contributed by atoms with Gasteiger partial charge in [-0.25, -0.2) is 0 Å². The van der Waals surface area contributed by atoms with Gasteiger partial charge in [-0.05, 0) is 44.4 Å². The number of hydrogen-bond acceptors (Lipinski definition) is 2. The summed E-state index contributed by atoms with van der Waals surface area (Å²) in [5, 5.41) is 3.22. The van der Waals surface area contributed by atoms with Gasteiger partial charge in [-0.2, -0.15) is 13.2 Å². The van der Waals surface area contributed by atoms with E-state index in [2.05, 4.69) is 5.32 Å². The highest BCUT2D eigenvalue weighted by Gasteiger charge is 2.34. The number of benzene rings is 1. The van der Waals surface area contributed by atoms with Gasteiger partial charge in [0.05, 0.1) is 5.56 Å². The maximum atomic E-state index is 13.1. The standard InChI is InChI=1S/C16H24F3NO/c1-3-11-20-15(10-7-12-21-4-2)13-8-5-6-9-14(13)16(17,18)19/h5-6,8-9,15,20H,3-4,7,10-12H2,1-2H3. The Morgan fingerprint density at radius 2 is 1.90 bits per heavy atom. The van der Waals surface area contributed by atoms with Crippen molar-refractivity contribution in [2.24, 2.45) is 0 Å². The summed E-state index contributed by atoms with van der Waals surface area (Å²) in [4.78, 5) is 0. The SMILES string of the molecule is CCCNC(CCCOCC)c1ccccc1C(F)(F)F. The van der Waals surface area contributed by atoms with Gasteiger partial charge in [-0.1, -0.05) is 25.1 Å². The van der Waals surface area contributed by atoms with Crippen LogP contribution in [-0.2, 0) is 10.9 Å². The Balaban J connectivity index is 2.86. The molecule has 0 amide bonds. The van der Waals surface area contributed by atoms with E-state index >= 15 is 0 Å². The predicted molar refractivity (Wildman–Crippen MR) is 78.2 cm³/mol. The van der Waals surface area contributed by atoms with E-state index in [0.717, 1.165) is 18.9 Å². The Hall–Kier alpha value is -1.07. The minimum absolute atomic E-state index is 0.289. The highest BCUT2D eigenvalue weighted by molar-refractivity contribution is 5.32. The lowest BCUT2D eigenvalue weighted by Gasteiger charge is -2.23. The highest BCUT2D eigenvalue weighted by atomic mass is 19.4. The van der Waals surface area contributed by atoms with Gasteiger partial charge < -0.3 is 10.1 Å². The van der Waals surface area contributed by atoms with Crippen molar-refractivity contribution in [3.8, 4) is 0 Å². The third-order valence-electron chi connectivity index (χ3n) is 3.27. The molecule has 2 nitrogen and oxygen atoms in total. The fraction of sp³-hybridized carbons (Fsp3) is 0.625. The average molecular weight is 303 g/mol. The molecule has 120 valence electrons. The number of alkyl halides is 3. The summed E-state index contributed by atoms with van der Waals surface area (Å²) in [6.07, 6.45) is -2.06. The molecule has 0 aliphatic carbocycles. The Morgan fingerprint density at radius 1 is 1.19 bits per heavy atom. The van der Waals surface area contributed by atoms with Crippen LogP contribution in [0.3, 0.4) is 0 Å². The van der Waals surface area contributed by atoms with Crippen molar-refractivity contribution in [3.63, 3.8) is 0 Å². The van der Waals surface area contributed by atoms with E-state index in [1.807, 2.05) is 13.8 Å². The van der Waals surface area contributed by atoms with Crippen LogP contribution in [0.4, 0.5) is 13.2 Å². The summed E-state index contributed by atoms with van der Waals surface area (Å²) < 4.78 is 44.6. The summed E-state index contributed by atoms with van der Waals surface area (Å²) in [5.41, 5.74) is -0.218. The van der Waals surface area contributed by atoms with Crippen LogP contribution in [0.2, 0.25) is 0 Å². The Morgan fingerprint density at radius 3 is 2.52 bits per heavy atom. The number of ether oxygens (including phenoxy) is 1. The van der Waals surface area contributed by atoms with Crippen molar-refractivity contribution in [2.45, 2.75) is 45.3 Å². The van der Waals surface area contributed by atoms with Gasteiger partial charge in [-0.15, -0.1) is 0 Å². The number of rotatable bonds is 9. The zero-order chi connectivity index (χ0) is 15.7. The smallest absolute Gasteiger partial charge is 0.382 e. The molecular formula is C16H24F3NO. The molecule has 21 heavy (non-hydrogen) atoms. The van der Waals surface area contributed by atoms with Crippen molar-refractivity contribution in [2.75, 3.05) is 19.8 Å². The molecule has 0 bridgehead atoms. The topological polar surface area (TPSA) is 21.3 Å². The summed E-state index contributed by atoms with van der Waals surface area (Å²) in [6.45, 7) is 5.82. The molecule has 1 N–H and O–H groups in total. The number of hydrogen-bond donors (Lipinski definition) is 1. The van der Waals surface area contributed by atoms with E-state index in [0.29, 0.717) is 31.7 Å². The maximum Gasteiger partial charge on any atom is 0.416 e. The lowest BCUT2D eigenvalue weighted by atomic mass is 9.96. The van der Waals surface area contributed by atoms with Crippen LogP contribution in [-0.4, -0.2) is 19.8 Å². The second-order valence-electron chi connectivity index (χ2n) is 4.93. The lowest BCUT2D eigenvalue weighted by molar-refractivity contribution is -0.138. The van der Waals surface area contributed by atoms with Gasteiger partial charge in [0.15, 0.2) is 0 Å². The van der Waals surface area contributed by atoms with Gasteiger partial charge in [-0.3, -0.25) is 0 Å². The average Bonchev–Trinajstić information content (AvgIpc) is 2.46. The fourth-order valence-electron chi connectivity index (χ4n) is 2.28. The van der Waals surface area contributed by atoms with Crippen LogP contribution in [0.25, 0.3) is 0 Å². The van der Waals surface area contributed by atoms with Gasteiger partial charge in [0, 0.05) is 19.3 Å². The Bertz CT molecular complexity index is 407. The molecule has 1 aromatic carbocycles. The molecule has 0 aliphatic heterocycles. The highest BCUT2D eigenvalue weighted by Crippen LogP contribution is 2.35. The molecule has 1 unspecified atom stereocenters. The molecular weight excluding hydrogens is 279 g/mol. The first-order valence-electron chi connectivity index (χ1n) is 7.48. The number of nitrogens with one attached hydrogen (secondary N) is 1. The number of halogens is 3. The molecule has 1 rings (SSSR count). The van der Waals surface area contributed by atoms with Crippen molar-refractivity contribution in [1.29, 1.82) is 0 Å². The molecule has 5 heteroatoms. The van der Waals surface area contributed by atoms with Gasteiger partial charge in [0.25, 0.3) is 0 Å². The maximum absolute atomic E-state index is 13.1. The molecule has 1 aromatic rings. The molecule has 0 aliphatic rings. The Labute approximate surface area is 124 Å². The first-order chi connectivity index (χ1) is 10.0. The largest absolute Gasteiger partial charge is 0.416 e. The van der Waals surface area contributed by atoms with Crippen LogP contribution >= 0.6 is 0 Å². The third kappa shape index (κ3) is 6.06. The van der Waals surface area contributed by atoms with Crippen LogP contribution in [0.1, 0.15) is 50.3 Å². The third-order valence-corrected chi connectivity index (χ3v) is 3.27. The first-order valence-corrected chi connectivity index (χ1v) is 7.48. The lowest BCUT2D eigenvalue weighted by Crippen LogP contribution is -2.25. The summed E-state index contributed by atoms with van der Waals surface area (Å²) in [5.74, 6) is 0. The minimum atomic E-state index is -4.32. The van der Waals surface area contributed by atoms with Gasteiger partial charge in [0.2, 0.25) is 0 Å². The molecule has 0 saturated heterocycles. The normalized spacial score (nSPS) is 13.4. The molecule has 0 spiro atoms. The van der Waals surface area contributed by atoms with E-state index < -0.39 is 11.7 Å². The molecule has 0 heterocycles. The van der Waals surface area contributed by atoms with Crippen molar-refractivity contribution < 1.29 is 17.9 Å². The molecule has 0 aromatic heterocycles. The van der Waals surface area contributed by atoms with Crippen LogP contribution in [0, 0.1) is 0 Å². The zero-order valence-corrected chi connectivity index (χ0v) is 12.7. The van der Waals surface area contributed by atoms with E-state index in [1.165, 1.54) is 6.07 Å². The second-order valence-corrected chi connectivity index (χ2v) is 4.93. The summed E-state index contributed by atoms with van der Waals surface area (Å²) >= 11 is 0. The van der Waals surface area contributed by atoms with E-state index in [9.17, 15) is 13.2 Å². The van der Waals surface area contributed by atoms with Gasteiger partial charge in [0.1, 0.15) is 0 Å². The van der Waals surface area contributed by atoms with Crippen LogP contribution in [0.5, 0.6) is 0 Å². The first kappa shape index (κ1) is 18.0. The van der Waals surface area contributed by atoms with E-state index in [-0.39, 0.29) is 6.04 Å². The van der Waals surface area contributed by atoms with Crippen molar-refractivity contribution >= 4 is 0 Å². The molecule has 1 atom stereocenters. The quantitative estimate of drug-likeness (QED) is 0.675. The van der Waals surface area contributed by atoms with Crippen LogP contribution < -0.4 is 5.32 Å². The van der Waals surface area contributed by atoms with Crippen molar-refractivity contribution in [3.05, 3.63) is 35.4 Å². The van der Waals surface area contributed by atoms with Crippen molar-refractivity contribution in [1.82, 2.24) is 5.32 Å². The summed E-state index contributed by atoms with van der Waals surface area (Å²) in [7, 11) is 0. The fourth-order valence-corrected chi connectivity index (χ4v) is 2.28. The molecule has 0 fully saturated rings. The van der Waals surface area contributed by atoms with Gasteiger partial charge >= 0.3 is 6.18 Å². The molecule has 0 saturated carbocycles. The minimum Gasteiger partial charge on any atom is -0.382 e. The molecule has 0 radical (unpaired) electrons. The predicted octanol–water partition coefficient (Wildman–Crippen LogP) is 4.56. The second kappa shape index (κ2) is 9.05. The zero-order valence-electron chi connectivity index (χ0n) is 12.7. The van der Waals surface area contributed by atoms with E-state index in [1.54, 1.807) is 12.1 Å². The van der Waals surface area contributed by atoms with E-state index in [4.69, 9.17) is 4.74 Å². The Kier molecular flexibility index (Phi) is 7.75. The monoisotopic (exact) mass is 303 g/mol. The summed E-state index contributed by atoms with van der Waals surface area (Å²) in [6, 6.07) is 5.52.